The van der Waals surface area contributed by atoms with E-state index in [1.807, 2.05) is 53.2 Å². The molecule has 6 heteroatoms. The molecule has 0 aliphatic heterocycles. The van der Waals surface area contributed by atoms with Gasteiger partial charge in [-0.1, -0.05) is 79.6 Å². The molecule has 2 aromatic carbocycles. The number of hydrogen-bond acceptors (Lipinski definition) is 4. The minimum absolute atomic E-state index is 0.0430. The molecule has 0 unspecified atom stereocenters. The number of rotatable bonds is 6. The first-order valence-corrected chi connectivity index (χ1v) is 11.5. The summed E-state index contributed by atoms with van der Waals surface area (Å²) >= 11 is 1.44. The zero-order valence-electron chi connectivity index (χ0n) is 17.6. The van der Waals surface area contributed by atoms with Crippen LogP contribution in [0.5, 0.6) is 0 Å². The molecule has 1 aliphatic rings. The third-order valence-electron chi connectivity index (χ3n) is 5.57. The zero-order chi connectivity index (χ0) is 20.9. The number of para-hydroxylation sites is 1. The molecule has 30 heavy (non-hydrogen) atoms. The molecule has 0 radical (unpaired) electrons. The number of nitrogens with zero attached hydrogens (tertiary/aromatic N) is 4. The van der Waals surface area contributed by atoms with E-state index in [-0.39, 0.29) is 11.2 Å². The number of likely N-dealkylation sites (N-methyl/N-ethyl adjacent to an activating group) is 1. The summed E-state index contributed by atoms with van der Waals surface area (Å²) in [5.74, 6) is 1.48. The lowest BCUT2D eigenvalue weighted by molar-refractivity contribution is -0.128. The first kappa shape index (κ1) is 20.7. The molecule has 3 aromatic rings. The summed E-state index contributed by atoms with van der Waals surface area (Å²) in [5.41, 5.74) is 1.99. The highest BCUT2D eigenvalue weighted by atomic mass is 32.2. The summed E-state index contributed by atoms with van der Waals surface area (Å²) in [6.07, 6.45) is 6.06. The van der Waals surface area contributed by atoms with Gasteiger partial charge in [0, 0.05) is 20.0 Å². The number of carbonyl (C=O) groups is 1. The van der Waals surface area contributed by atoms with E-state index in [1.54, 1.807) is 19.0 Å². The lowest BCUT2D eigenvalue weighted by Crippen LogP contribution is -2.26. The normalized spacial score (nSPS) is 15.7. The molecule has 0 spiro atoms. The molecule has 0 saturated heterocycles. The van der Waals surface area contributed by atoms with Gasteiger partial charge in [-0.05, 0) is 30.5 Å². The number of aromatic nitrogens is 3. The molecular weight excluding hydrogens is 392 g/mol. The van der Waals surface area contributed by atoms with Gasteiger partial charge in [-0.2, -0.15) is 0 Å². The van der Waals surface area contributed by atoms with E-state index >= 15 is 0 Å². The topological polar surface area (TPSA) is 51.0 Å². The van der Waals surface area contributed by atoms with E-state index in [4.69, 9.17) is 10.1 Å². The van der Waals surface area contributed by atoms with Gasteiger partial charge < -0.3 is 4.90 Å². The van der Waals surface area contributed by atoms with Gasteiger partial charge in [0.15, 0.2) is 0 Å². The van der Waals surface area contributed by atoms with Crippen LogP contribution in [0.3, 0.4) is 0 Å². The SMILES string of the molecule is CN(C)C(=O)[C@@H](Sc1nc(C2CCCCC2)n(-c2ccccc2)n1)c1ccccc1. The lowest BCUT2D eigenvalue weighted by atomic mass is 9.88. The van der Waals surface area contributed by atoms with Gasteiger partial charge in [-0.15, -0.1) is 5.10 Å². The fraction of sp³-hybridized carbons (Fsp3) is 0.375. The van der Waals surface area contributed by atoms with Crippen LogP contribution in [-0.2, 0) is 4.79 Å². The van der Waals surface area contributed by atoms with Crippen molar-refractivity contribution in [3.05, 3.63) is 72.1 Å². The molecular formula is C24H28N4OS. The largest absolute Gasteiger partial charge is 0.348 e. The zero-order valence-corrected chi connectivity index (χ0v) is 18.4. The van der Waals surface area contributed by atoms with Gasteiger partial charge in [0.2, 0.25) is 11.1 Å². The molecule has 4 rings (SSSR count). The Morgan fingerprint density at radius 3 is 2.27 bits per heavy atom. The van der Waals surface area contributed by atoms with Crippen molar-refractivity contribution in [1.82, 2.24) is 19.7 Å². The van der Waals surface area contributed by atoms with Gasteiger partial charge >= 0.3 is 0 Å². The van der Waals surface area contributed by atoms with E-state index in [0.717, 1.165) is 29.9 Å². The van der Waals surface area contributed by atoms with Crippen LogP contribution in [0.2, 0.25) is 0 Å². The summed E-state index contributed by atoms with van der Waals surface area (Å²) in [5, 5.41) is 5.15. The van der Waals surface area contributed by atoms with Crippen LogP contribution >= 0.6 is 11.8 Å². The molecule has 1 aromatic heterocycles. The average Bonchev–Trinajstić information content (AvgIpc) is 3.23. The maximum absolute atomic E-state index is 13.0. The van der Waals surface area contributed by atoms with Crippen LogP contribution in [-0.4, -0.2) is 39.7 Å². The van der Waals surface area contributed by atoms with Crippen molar-refractivity contribution >= 4 is 17.7 Å². The average molecular weight is 421 g/mol. The highest BCUT2D eigenvalue weighted by Crippen LogP contribution is 2.38. The maximum atomic E-state index is 13.0. The van der Waals surface area contributed by atoms with Crippen molar-refractivity contribution in [2.45, 2.75) is 48.4 Å². The smallest absolute Gasteiger partial charge is 0.240 e. The summed E-state index contributed by atoms with van der Waals surface area (Å²) in [6, 6.07) is 20.1. The van der Waals surface area contributed by atoms with Crippen molar-refractivity contribution in [1.29, 1.82) is 0 Å². The quantitative estimate of drug-likeness (QED) is 0.512. The van der Waals surface area contributed by atoms with Crippen molar-refractivity contribution in [2.24, 2.45) is 0 Å². The molecule has 1 fully saturated rings. The van der Waals surface area contributed by atoms with E-state index in [2.05, 4.69) is 12.1 Å². The number of thioether (sulfide) groups is 1. The third-order valence-corrected chi connectivity index (χ3v) is 6.67. The summed E-state index contributed by atoms with van der Waals surface area (Å²) in [4.78, 5) is 19.6. The standard InChI is InChI=1S/C24H28N4OS/c1-27(2)23(29)21(18-12-6-3-7-13-18)30-24-25-22(19-14-8-4-9-15-19)28(26-24)20-16-10-5-11-17-20/h3,5-7,10-13,16-17,19,21H,4,8-9,14-15H2,1-2H3/t21-/m0/s1. The number of amides is 1. The van der Waals surface area contributed by atoms with Gasteiger partial charge in [0.05, 0.1) is 5.69 Å². The molecule has 0 N–H and O–H groups in total. The van der Waals surface area contributed by atoms with Gasteiger partial charge in [-0.25, -0.2) is 9.67 Å². The minimum Gasteiger partial charge on any atom is -0.348 e. The highest BCUT2D eigenvalue weighted by Gasteiger charge is 2.28. The predicted molar refractivity (Wildman–Crippen MR) is 121 cm³/mol. The van der Waals surface area contributed by atoms with Crippen LogP contribution in [0.1, 0.15) is 54.7 Å². The summed E-state index contributed by atoms with van der Waals surface area (Å²) in [7, 11) is 3.59. The Balaban J connectivity index is 1.70. The molecule has 156 valence electrons. The van der Waals surface area contributed by atoms with Crippen LogP contribution < -0.4 is 0 Å². The number of benzene rings is 2. The van der Waals surface area contributed by atoms with Crippen LogP contribution in [0.15, 0.2) is 65.8 Å². The molecule has 1 aliphatic carbocycles. The molecule has 1 atom stereocenters. The second kappa shape index (κ2) is 9.47. The Morgan fingerprint density at radius 1 is 1.00 bits per heavy atom. The Kier molecular flexibility index (Phi) is 6.53. The Bertz CT molecular complexity index is 965. The summed E-state index contributed by atoms with van der Waals surface area (Å²) < 4.78 is 1.99. The second-order valence-electron chi connectivity index (χ2n) is 7.98. The molecule has 1 heterocycles. The predicted octanol–water partition coefficient (Wildman–Crippen LogP) is 5.24. The summed E-state index contributed by atoms with van der Waals surface area (Å²) in [6.45, 7) is 0. The van der Waals surface area contributed by atoms with Crippen LogP contribution in [0, 0.1) is 0 Å². The first-order chi connectivity index (χ1) is 14.6. The third kappa shape index (κ3) is 4.59. The molecule has 5 nitrogen and oxygen atoms in total. The maximum Gasteiger partial charge on any atom is 0.240 e. The van der Waals surface area contributed by atoms with Crippen LogP contribution in [0.25, 0.3) is 5.69 Å². The van der Waals surface area contributed by atoms with Gasteiger partial charge in [-0.3, -0.25) is 4.79 Å². The molecule has 1 saturated carbocycles. The van der Waals surface area contributed by atoms with E-state index in [1.165, 1.54) is 31.0 Å². The number of carbonyl (C=O) groups excluding carboxylic acids is 1. The lowest BCUT2D eigenvalue weighted by Gasteiger charge is -2.21. The Labute approximate surface area is 182 Å². The molecule has 1 amide bonds. The van der Waals surface area contributed by atoms with E-state index < -0.39 is 0 Å². The van der Waals surface area contributed by atoms with Crippen molar-refractivity contribution in [3.8, 4) is 5.69 Å². The monoisotopic (exact) mass is 420 g/mol. The van der Waals surface area contributed by atoms with Gasteiger partial charge in [0.25, 0.3) is 0 Å². The second-order valence-corrected chi connectivity index (χ2v) is 9.05. The van der Waals surface area contributed by atoms with Crippen molar-refractivity contribution < 1.29 is 4.79 Å². The Morgan fingerprint density at radius 2 is 1.63 bits per heavy atom. The fourth-order valence-electron chi connectivity index (χ4n) is 3.97. The van der Waals surface area contributed by atoms with Crippen molar-refractivity contribution in [3.63, 3.8) is 0 Å². The van der Waals surface area contributed by atoms with E-state index in [0.29, 0.717) is 11.1 Å². The van der Waals surface area contributed by atoms with Crippen molar-refractivity contribution in [2.75, 3.05) is 14.1 Å². The van der Waals surface area contributed by atoms with E-state index in [9.17, 15) is 4.79 Å². The highest BCUT2D eigenvalue weighted by molar-refractivity contribution is 8.00. The minimum atomic E-state index is -0.368. The number of hydrogen-bond donors (Lipinski definition) is 0. The molecule has 0 bridgehead atoms. The Hall–Kier alpha value is -2.60. The van der Waals surface area contributed by atoms with Crippen LogP contribution in [0.4, 0.5) is 0 Å². The van der Waals surface area contributed by atoms with Gasteiger partial charge in [0.1, 0.15) is 11.1 Å². The first-order valence-electron chi connectivity index (χ1n) is 10.6. The fourth-order valence-corrected chi connectivity index (χ4v) is 5.06.